The van der Waals surface area contributed by atoms with Crippen molar-refractivity contribution in [1.29, 1.82) is 0 Å². The van der Waals surface area contributed by atoms with Crippen LogP contribution in [0.3, 0.4) is 0 Å². The molecule has 0 saturated carbocycles. The Morgan fingerprint density at radius 2 is 1.57 bits per heavy atom. The van der Waals surface area contributed by atoms with Crippen LogP contribution in [-0.4, -0.2) is 5.11 Å². The average molecular weight is 522 g/mol. The van der Waals surface area contributed by atoms with Crippen molar-refractivity contribution in [2.75, 3.05) is 5.32 Å². The van der Waals surface area contributed by atoms with Gasteiger partial charge in [-0.15, -0.1) is 0 Å². The molecule has 2 N–H and O–H groups in total. The molecule has 0 aromatic heterocycles. The number of halogens is 5. The van der Waals surface area contributed by atoms with E-state index in [1.807, 2.05) is 24.3 Å². The SMILES string of the molecule is Oc1c(Cl)cc(NCc2cc(Br)ccc2OCc2ccc(Cl)c(Cl)c2)cc1Cl. The van der Waals surface area contributed by atoms with Crippen molar-refractivity contribution in [3.63, 3.8) is 0 Å². The van der Waals surface area contributed by atoms with Gasteiger partial charge in [0.05, 0.1) is 20.1 Å². The van der Waals surface area contributed by atoms with E-state index in [1.54, 1.807) is 24.3 Å². The Bertz CT molecular complexity index is 990. The van der Waals surface area contributed by atoms with Gasteiger partial charge in [0, 0.05) is 22.3 Å². The molecule has 0 bridgehead atoms. The summed E-state index contributed by atoms with van der Waals surface area (Å²) in [5, 5.41) is 14.3. The van der Waals surface area contributed by atoms with Crippen molar-refractivity contribution >= 4 is 68.0 Å². The highest BCUT2D eigenvalue weighted by molar-refractivity contribution is 9.10. The summed E-state index contributed by atoms with van der Waals surface area (Å²) in [6, 6.07) is 14.4. The molecule has 8 heteroatoms. The van der Waals surface area contributed by atoms with Gasteiger partial charge in [-0.3, -0.25) is 0 Å². The number of nitrogens with one attached hydrogen (secondary N) is 1. The smallest absolute Gasteiger partial charge is 0.152 e. The number of anilines is 1. The highest BCUT2D eigenvalue weighted by Gasteiger charge is 2.09. The predicted octanol–water partition coefficient (Wildman–Crippen LogP) is 7.96. The van der Waals surface area contributed by atoms with Crippen LogP contribution in [0.15, 0.2) is 53.0 Å². The number of phenols is 1. The first-order valence-corrected chi connectivity index (χ1v) is 10.4. The molecule has 0 radical (unpaired) electrons. The quantitative estimate of drug-likeness (QED) is 0.323. The Hall–Kier alpha value is -1.30. The van der Waals surface area contributed by atoms with E-state index in [1.165, 1.54) is 0 Å². The van der Waals surface area contributed by atoms with Gasteiger partial charge in [0.15, 0.2) is 5.75 Å². The fourth-order valence-electron chi connectivity index (χ4n) is 2.48. The maximum Gasteiger partial charge on any atom is 0.152 e. The van der Waals surface area contributed by atoms with Gasteiger partial charge in [0.1, 0.15) is 12.4 Å². The van der Waals surface area contributed by atoms with Crippen molar-refractivity contribution in [1.82, 2.24) is 0 Å². The minimum Gasteiger partial charge on any atom is -0.505 e. The molecule has 3 nitrogen and oxygen atoms in total. The lowest BCUT2D eigenvalue weighted by Crippen LogP contribution is -2.04. The molecule has 0 saturated heterocycles. The van der Waals surface area contributed by atoms with Gasteiger partial charge in [-0.2, -0.15) is 0 Å². The zero-order chi connectivity index (χ0) is 20.3. The summed E-state index contributed by atoms with van der Waals surface area (Å²) < 4.78 is 6.90. The number of hydrogen-bond acceptors (Lipinski definition) is 3. The molecule has 0 spiro atoms. The Morgan fingerprint density at radius 3 is 2.25 bits per heavy atom. The van der Waals surface area contributed by atoms with E-state index in [0.29, 0.717) is 28.9 Å². The van der Waals surface area contributed by atoms with Crippen LogP contribution in [0.25, 0.3) is 0 Å². The molecule has 0 amide bonds. The molecule has 0 aliphatic heterocycles. The maximum absolute atomic E-state index is 9.68. The van der Waals surface area contributed by atoms with E-state index >= 15 is 0 Å². The topological polar surface area (TPSA) is 41.5 Å². The third kappa shape index (κ3) is 5.40. The number of rotatable bonds is 6. The van der Waals surface area contributed by atoms with Crippen molar-refractivity contribution in [3.05, 3.63) is 84.2 Å². The number of ether oxygens (including phenoxy) is 1. The van der Waals surface area contributed by atoms with E-state index in [-0.39, 0.29) is 15.8 Å². The Morgan fingerprint density at radius 1 is 0.857 bits per heavy atom. The second-order valence-electron chi connectivity index (χ2n) is 5.93. The van der Waals surface area contributed by atoms with Crippen LogP contribution in [0.2, 0.25) is 20.1 Å². The monoisotopic (exact) mass is 519 g/mol. The van der Waals surface area contributed by atoms with Gasteiger partial charge in [-0.25, -0.2) is 0 Å². The largest absolute Gasteiger partial charge is 0.505 e. The fourth-order valence-corrected chi connectivity index (χ4v) is 3.70. The molecule has 0 aliphatic rings. The highest BCUT2D eigenvalue weighted by Crippen LogP contribution is 2.35. The molecule has 146 valence electrons. The summed E-state index contributed by atoms with van der Waals surface area (Å²) >= 11 is 27.4. The second kappa shape index (κ2) is 9.47. The molecule has 0 unspecified atom stereocenters. The van der Waals surface area contributed by atoms with Gasteiger partial charge in [0.2, 0.25) is 0 Å². The molecule has 0 fully saturated rings. The lowest BCUT2D eigenvalue weighted by atomic mass is 10.2. The van der Waals surface area contributed by atoms with Crippen LogP contribution in [0.4, 0.5) is 5.69 Å². The minimum atomic E-state index is -0.137. The molecule has 0 aliphatic carbocycles. The third-order valence-corrected chi connectivity index (χ3v) is 5.71. The van der Waals surface area contributed by atoms with E-state index in [2.05, 4.69) is 21.2 Å². The van der Waals surface area contributed by atoms with Gasteiger partial charge >= 0.3 is 0 Å². The Kier molecular flexibility index (Phi) is 7.24. The molecular weight excluding hydrogens is 508 g/mol. The molecule has 0 heterocycles. The molecule has 3 aromatic rings. The number of aromatic hydroxyl groups is 1. The van der Waals surface area contributed by atoms with Crippen LogP contribution in [0.5, 0.6) is 11.5 Å². The van der Waals surface area contributed by atoms with Crippen LogP contribution >= 0.6 is 62.3 Å². The fraction of sp³-hybridized carbons (Fsp3) is 0.100. The van der Waals surface area contributed by atoms with Crippen molar-refractivity contribution in [2.24, 2.45) is 0 Å². The van der Waals surface area contributed by atoms with Crippen LogP contribution < -0.4 is 10.1 Å². The van der Waals surface area contributed by atoms with Gasteiger partial charge in [-0.1, -0.05) is 68.4 Å². The van der Waals surface area contributed by atoms with Crippen LogP contribution in [-0.2, 0) is 13.2 Å². The number of phenolic OH excluding ortho intramolecular Hbond substituents is 1. The molecule has 0 atom stereocenters. The van der Waals surface area contributed by atoms with E-state index in [9.17, 15) is 5.11 Å². The summed E-state index contributed by atoms with van der Waals surface area (Å²) in [7, 11) is 0. The van der Waals surface area contributed by atoms with E-state index in [0.717, 1.165) is 21.3 Å². The van der Waals surface area contributed by atoms with Crippen LogP contribution in [0, 0.1) is 0 Å². The molecule has 3 aromatic carbocycles. The number of hydrogen-bond donors (Lipinski definition) is 2. The lowest BCUT2D eigenvalue weighted by Gasteiger charge is -2.14. The average Bonchev–Trinajstić information content (AvgIpc) is 2.66. The minimum absolute atomic E-state index is 0.137. The van der Waals surface area contributed by atoms with Crippen LogP contribution in [0.1, 0.15) is 11.1 Å². The lowest BCUT2D eigenvalue weighted by molar-refractivity contribution is 0.303. The predicted molar refractivity (Wildman–Crippen MR) is 120 cm³/mol. The van der Waals surface area contributed by atoms with Crippen molar-refractivity contribution in [2.45, 2.75) is 13.2 Å². The maximum atomic E-state index is 9.68. The van der Waals surface area contributed by atoms with E-state index < -0.39 is 0 Å². The zero-order valence-electron chi connectivity index (χ0n) is 14.3. The Labute approximate surface area is 191 Å². The van der Waals surface area contributed by atoms with Gasteiger partial charge in [0.25, 0.3) is 0 Å². The number of benzene rings is 3. The summed E-state index contributed by atoms with van der Waals surface area (Å²) in [6.07, 6.45) is 0. The summed E-state index contributed by atoms with van der Waals surface area (Å²) in [5.41, 5.74) is 2.52. The summed E-state index contributed by atoms with van der Waals surface area (Å²) in [5.74, 6) is 0.583. The van der Waals surface area contributed by atoms with Gasteiger partial charge in [-0.05, 0) is 48.0 Å². The Balaban J connectivity index is 1.74. The van der Waals surface area contributed by atoms with Gasteiger partial charge < -0.3 is 15.2 Å². The standard InChI is InChI=1S/C20H14BrCl4NO2/c21-13-2-4-19(28-10-11-1-3-15(22)16(23)5-11)12(6-13)9-26-14-7-17(24)20(27)18(25)8-14/h1-8,26-27H,9-10H2. The third-order valence-electron chi connectivity index (χ3n) is 3.90. The van der Waals surface area contributed by atoms with E-state index in [4.69, 9.17) is 51.1 Å². The first-order chi connectivity index (χ1) is 13.3. The summed E-state index contributed by atoms with van der Waals surface area (Å²) in [6.45, 7) is 0.815. The van der Waals surface area contributed by atoms with Crippen molar-refractivity contribution < 1.29 is 9.84 Å². The summed E-state index contributed by atoms with van der Waals surface area (Å²) in [4.78, 5) is 0. The first kappa shape index (κ1) is 21.4. The molecular formula is C20H14BrCl4NO2. The van der Waals surface area contributed by atoms with Crippen molar-refractivity contribution in [3.8, 4) is 11.5 Å². The second-order valence-corrected chi connectivity index (χ2v) is 8.48. The first-order valence-electron chi connectivity index (χ1n) is 8.10. The molecule has 3 rings (SSSR count). The zero-order valence-corrected chi connectivity index (χ0v) is 18.9. The highest BCUT2D eigenvalue weighted by atomic mass is 79.9. The normalized spacial score (nSPS) is 10.8. The molecule has 28 heavy (non-hydrogen) atoms.